The third kappa shape index (κ3) is 2.65. The summed E-state index contributed by atoms with van der Waals surface area (Å²) in [5, 5.41) is 12.4. The summed E-state index contributed by atoms with van der Waals surface area (Å²) in [5.74, 6) is -1.03. The van der Waals surface area contributed by atoms with Crippen molar-refractivity contribution in [3.8, 4) is 0 Å². The van der Waals surface area contributed by atoms with Gasteiger partial charge in [-0.25, -0.2) is 4.79 Å². The molecule has 5 heteroatoms. The Hall–Kier alpha value is -1.94. The van der Waals surface area contributed by atoms with Gasteiger partial charge in [-0.2, -0.15) is 0 Å². The summed E-state index contributed by atoms with van der Waals surface area (Å²) in [6.45, 7) is 0.629. The van der Waals surface area contributed by atoms with E-state index in [2.05, 4.69) is 5.32 Å². The number of carboxylic acids is 1. The summed E-state index contributed by atoms with van der Waals surface area (Å²) in [6.07, 6.45) is 1.96. The lowest BCUT2D eigenvalue weighted by Crippen LogP contribution is -2.05. The summed E-state index contributed by atoms with van der Waals surface area (Å²) in [4.78, 5) is 10.9. The number of carboxylic acid groups (broad SMARTS) is 1. The molecule has 94 valence electrons. The maximum atomic E-state index is 10.9. The third-order valence-corrected chi connectivity index (χ3v) is 3.05. The number of aromatic nitrogens is 1. The van der Waals surface area contributed by atoms with Crippen LogP contribution >= 0.6 is 11.6 Å². The van der Waals surface area contributed by atoms with Gasteiger partial charge in [-0.3, -0.25) is 0 Å². The van der Waals surface area contributed by atoms with Crippen LogP contribution in [0.4, 0.5) is 5.69 Å². The highest BCUT2D eigenvalue weighted by Crippen LogP contribution is 2.21. The van der Waals surface area contributed by atoms with Crippen molar-refractivity contribution in [3.63, 3.8) is 0 Å². The molecule has 0 saturated carbocycles. The lowest BCUT2D eigenvalue weighted by atomic mass is 10.2. The molecule has 0 fully saturated rings. The van der Waals surface area contributed by atoms with Crippen LogP contribution in [0.25, 0.3) is 0 Å². The lowest BCUT2D eigenvalue weighted by Gasteiger charge is -2.09. The van der Waals surface area contributed by atoms with Gasteiger partial charge in [0.1, 0.15) is 0 Å². The zero-order valence-corrected chi connectivity index (χ0v) is 10.6. The molecule has 4 nitrogen and oxygen atoms in total. The Morgan fingerprint density at radius 2 is 2.22 bits per heavy atom. The van der Waals surface area contributed by atoms with Crippen molar-refractivity contribution in [1.29, 1.82) is 0 Å². The van der Waals surface area contributed by atoms with Gasteiger partial charge in [-0.05, 0) is 30.3 Å². The van der Waals surface area contributed by atoms with E-state index >= 15 is 0 Å². The predicted octanol–water partition coefficient (Wildman–Crippen LogP) is 2.99. The standard InChI is InChI=1S/C13H13ClN2O2/c1-16-6-2-3-10(16)8-15-9-4-5-12(14)11(7-9)13(17)18/h2-7,15H,8H2,1H3,(H,17,18). The van der Waals surface area contributed by atoms with Gasteiger partial charge in [0.25, 0.3) is 0 Å². The van der Waals surface area contributed by atoms with Crippen molar-refractivity contribution >= 4 is 23.3 Å². The number of carbonyl (C=O) groups is 1. The van der Waals surface area contributed by atoms with Crippen molar-refractivity contribution in [1.82, 2.24) is 4.57 Å². The molecule has 1 heterocycles. The zero-order valence-electron chi connectivity index (χ0n) is 9.85. The Morgan fingerprint density at radius 3 is 2.83 bits per heavy atom. The van der Waals surface area contributed by atoms with Crippen molar-refractivity contribution in [2.24, 2.45) is 7.05 Å². The van der Waals surface area contributed by atoms with Crippen LogP contribution < -0.4 is 5.32 Å². The molecule has 0 radical (unpaired) electrons. The van der Waals surface area contributed by atoms with E-state index in [-0.39, 0.29) is 10.6 Å². The summed E-state index contributed by atoms with van der Waals surface area (Å²) in [5.41, 5.74) is 1.95. The van der Waals surface area contributed by atoms with Crippen LogP contribution in [0.3, 0.4) is 0 Å². The first kappa shape index (κ1) is 12.5. The number of halogens is 1. The number of hydrogen-bond acceptors (Lipinski definition) is 2. The van der Waals surface area contributed by atoms with Gasteiger partial charge in [0.2, 0.25) is 0 Å². The fourth-order valence-corrected chi connectivity index (χ4v) is 1.87. The minimum atomic E-state index is -1.03. The molecule has 0 amide bonds. The molecular weight excluding hydrogens is 252 g/mol. The van der Waals surface area contributed by atoms with E-state index < -0.39 is 5.97 Å². The first-order chi connectivity index (χ1) is 8.58. The van der Waals surface area contributed by atoms with Crippen molar-refractivity contribution in [3.05, 3.63) is 52.8 Å². The van der Waals surface area contributed by atoms with E-state index in [9.17, 15) is 4.79 Å². The van der Waals surface area contributed by atoms with Crippen LogP contribution in [0.1, 0.15) is 16.1 Å². The predicted molar refractivity (Wildman–Crippen MR) is 71.2 cm³/mol. The number of rotatable bonds is 4. The molecule has 1 aromatic carbocycles. The maximum Gasteiger partial charge on any atom is 0.337 e. The molecule has 0 unspecified atom stereocenters. The van der Waals surface area contributed by atoms with Crippen LogP contribution in [-0.4, -0.2) is 15.6 Å². The number of anilines is 1. The Balaban J connectivity index is 2.13. The molecule has 0 aliphatic carbocycles. The largest absolute Gasteiger partial charge is 0.478 e. The molecule has 0 spiro atoms. The molecule has 1 aromatic heterocycles. The molecule has 18 heavy (non-hydrogen) atoms. The van der Waals surface area contributed by atoms with Gasteiger partial charge in [0.05, 0.1) is 17.1 Å². The minimum absolute atomic E-state index is 0.105. The first-order valence-corrected chi connectivity index (χ1v) is 5.82. The summed E-state index contributed by atoms with van der Waals surface area (Å²) in [7, 11) is 1.96. The highest BCUT2D eigenvalue weighted by atomic mass is 35.5. The summed E-state index contributed by atoms with van der Waals surface area (Å²) < 4.78 is 2.00. The second-order valence-corrected chi connectivity index (χ2v) is 4.37. The molecule has 2 N–H and O–H groups in total. The molecule has 0 aliphatic heterocycles. The van der Waals surface area contributed by atoms with Gasteiger partial charge in [-0.1, -0.05) is 11.6 Å². The van der Waals surface area contributed by atoms with Gasteiger partial charge in [-0.15, -0.1) is 0 Å². The number of hydrogen-bond donors (Lipinski definition) is 2. The van der Waals surface area contributed by atoms with Gasteiger partial charge >= 0.3 is 5.97 Å². The second-order valence-electron chi connectivity index (χ2n) is 3.96. The van der Waals surface area contributed by atoms with Crippen molar-refractivity contribution in [2.75, 3.05) is 5.32 Å². The molecule has 0 aliphatic rings. The van der Waals surface area contributed by atoms with Gasteiger partial charge < -0.3 is 15.0 Å². The number of aryl methyl sites for hydroxylation is 1. The molecule has 0 bridgehead atoms. The SMILES string of the molecule is Cn1cccc1CNc1ccc(Cl)c(C(=O)O)c1. The quantitative estimate of drug-likeness (QED) is 0.893. The van der Waals surface area contributed by atoms with Crippen LogP contribution in [0.15, 0.2) is 36.5 Å². The first-order valence-electron chi connectivity index (χ1n) is 5.45. The minimum Gasteiger partial charge on any atom is -0.478 e. The molecule has 2 rings (SSSR count). The summed E-state index contributed by atoms with van der Waals surface area (Å²) >= 11 is 5.80. The van der Waals surface area contributed by atoms with E-state index in [1.807, 2.05) is 29.9 Å². The normalized spacial score (nSPS) is 10.3. The molecule has 0 atom stereocenters. The van der Waals surface area contributed by atoms with E-state index in [1.165, 1.54) is 6.07 Å². The molecular formula is C13H13ClN2O2. The van der Waals surface area contributed by atoms with E-state index in [1.54, 1.807) is 12.1 Å². The van der Waals surface area contributed by atoms with Gasteiger partial charge in [0, 0.05) is 24.6 Å². The zero-order chi connectivity index (χ0) is 13.1. The Labute approximate surface area is 110 Å². The number of nitrogens with zero attached hydrogens (tertiary/aromatic N) is 1. The van der Waals surface area contributed by atoms with Gasteiger partial charge in [0.15, 0.2) is 0 Å². The van der Waals surface area contributed by atoms with E-state index in [0.717, 1.165) is 11.4 Å². The smallest absolute Gasteiger partial charge is 0.337 e. The fourth-order valence-electron chi connectivity index (χ4n) is 1.67. The number of aromatic carboxylic acids is 1. The monoisotopic (exact) mass is 264 g/mol. The van der Waals surface area contributed by atoms with Crippen LogP contribution in [0.5, 0.6) is 0 Å². The van der Waals surface area contributed by atoms with E-state index in [0.29, 0.717) is 6.54 Å². The molecule has 2 aromatic rings. The van der Waals surface area contributed by atoms with E-state index in [4.69, 9.17) is 16.7 Å². The molecule has 0 saturated heterocycles. The lowest BCUT2D eigenvalue weighted by molar-refractivity contribution is 0.0697. The highest BCUT2D eigenvalue weighted by Gasteiger charge is 2.09. The summed E-state index contributed by atoms with van der Waals surface area (Å²) in [6, 6.07) is 8.84. The highest BCUT2D eigenvalue weighted by molar-refractivity contribution is 6.33. The van der Waals surface area contributed by atoms with Crippen LogP contribution in [0.2, 0.25) is 5.02 Å². The topological polar surface area (TPSA) is 54.3 Å². The third-order valence-electron chi connectivity index (χ3n) is 2.72. The van der Waals surface area contributed by atoms with Crippen LogP contribution in [-0.2, 0) is 13.6 Å². The van der Waals surface area contributed by atoms with Crippen LogP contribution in [0, 0.1) is 0 Å². The average molecular weight is 265 g/mol. The Bertz CT molecular complexity index is 578. The maximum absolute atomic E-state index is 10.9. The Morgan fingerprint density at radius 1 is 1.44 bits per heavy atom. The Kier molecular flexibility index (Phi) is 3.58. The average Bonchev–Trinajstić information content (AvgIpc) is 2.73. The second kappa shape index (κ2) is 5.14. The van der Waals surface area contributed by atoms with Crippen molar-refractivity contribution < 1.29 is 9.90 Å². The fraction of sp³-hybridized carbons (Fsp3) is 0.154. The number of benzene rings is 1. The number of nitrogens with one attached hydrogen (secondary N) is 1. The van der Waals surface area contributed by atoms with Crippen molar-refractivity contribution in [2.45, 2.75) is 6.54 Å².